The average Bonchev–Trinajstić information content (AvgIpc) is 2.32. The Morgan fingerprint density at radius 2 is 1.25 bits per heavy atom. The maximum absolute atomic E-state index is 5.15. The molecule has 0 atom stereocenters. The van der Waals surface area contributed by atoms with Crippen molar-refractivity contribution in [3.63, 3.8) is 0 Å². The van der Waals surface area contributed by atoms with Crippen LogP contribution in [0.25, 0.3) is 0 Å². The van der Waals surface area contributed by atoms with Crippen LogP contribution in [0.4, 0.5) is 0 Å². The van der Waals surface area contributed by atoms with E-state index >= 15 is 0 Å². The minimum atomic E-state index is 0.524. The lowest BCUT2D eigenvalue weighted by molar-refractivity contribution is 0.234. The molecule has 0 saturated carbocycles. The van der Waals surface area contributed by atoms with Gasteiger partial charge in [-0.25, -0.2) is 0 Å². The quantitative estimate of drug-likeness (QED) is 0.534. The van der Waals surface area contributed by atoms with E-state index in [1.165, 1.54) is 12.5 Å². The molecule has 0 spiro atoms. The highest BCUT2D eigenvalue weighted by Gasteiger charge is 1.94. The maximum Gasteiger partial charge on any atom is 0.125 e. The summed E-state index contributed by atoms with van der Waals surface area (Å²) in [4.78, 5) is 0. The third-order valence-electron chi connectivity index (χ3n) is 1.86. The highest BCUT2D eigenvalue weighted by atomic mass is 16.5. The van der Waals surface area contributed by atoms with Crippen molar-refractivity contribution in [1.82, 2.24) is 0 Å². The minimum Gasteiger partial charge on any atom is -0.488 e. The molecule has 2 heteroatoms. The predicted octanol–water partition coefficient (Wildman–Crippen LogP) is 3.32. The van der Waals surface area contributed by atoms with E-state index in [-0.39, 0.29) is 0 Å². The number of rotatable bonds is 6. The van der Waals surface area contributed by atoms with E-state index in [1.807, 2.05) is 24.3 Å². The normalized spacial score (nSPS) is 8.50. The Labute approximate surface area is 95.8 Å². The lowest BCUT2D eigenvalue weighted by atomic mass is 10.1. The zero-order valence-corrected chi connectivity index (χ0v) is 9.11. The van der Waals surface area contributed by atoms with Gasteiger partial charge in [0.05, 0.1) is 0 Å². The van der Waals surface area contributed by atoms with Crippen molar-refractivity contribution in [3.05, 3.63) is 72.5 Å². The van der Waals surface area contributed by atoms with E-state index in [2.05, 4.69) is 24.6 Å². The van der Waals surface area contributed by atoms with Crippen molar-refractivity contribution < 1.29 is 9.47 Å². The average molecular weight is 214 g/mol. The second-order valence-electron chi connectivity index (χ2n) is 3.08. The summed E-state index contributed by atoms with van der Waals surface area (Å²) in [6.07, 6.45) is 2.90. The highest BCUT2D eigenvalue weighted by Crippen LogP contribution is 2.07. The van der Waals surface area contributed by atoms with Crippen molar-refractivity contribution in [1.29, 1.82) is 0 Å². The van der Waals surface area contributed by atoms with E-state index in [4.69, 9.17) is 9.47 Å². The predicted molar refractivity (Wildman–Crippen MR) is 63.4 cm³/mol. The first kappa shape index (κ1) is 11.9. The molecule has 0 bridgehead atoms. The molecule has 0 unspecified atom stereocenters. The Balaban J connectivity index is 2.46. The van der Waals surface area contributed by atoms with Crippen LogP contribution in [-0.2, 0) is 22.7 Å². The topological polar surface area (TPSA) is 18.5 Å². The molecule has 2 nitrogen and oxygen atoms in total. The molecule has 1 aromatic carbocycles. The Morgan fingerprint density at radius 1 is 0.875 bits per heavy atom. The molecule has 0 fully saturated rings. The summed E-state index contributed by atoms with van der Waals surface area (Å²) < 4.78 is 10.3. The number of ether oxygens (including phenoxy) is 2. The third kappa shape index (κ3) is 4.39. The van der Waals surface area contributed by atoms with Gasteiger partial charge in [0.2, 0.25) is 0 Å². The molecular formula is C14H14O2. The van der Waals surface area contributed by atoms with Crippen molar-refractivity contribution in [2.45, 2.75) is 13.2 Å². The van der Waals surface area contributed by atoms with Crippen LogP contribution >= 0.6 is 0 Å². The molecule has 82 valence electrons. The maximum atomic E-state index is 5.15. The lowest BCUT2D eigenvalue weighted by Crippen LogP contribution is -1.89. The summed E-state index contributed by atoms with van der Waals surface area (Å²) in [5.74, 6) is 0. The second-order valence-corrected chi connectivity index (χ2v) is 3.08. The van der Waals surface area contributed by atoms with Crippen molar-refractivity contribution in [2.24, 2.45) is 0 Å². The van der Waals surface area contributed by atoms with E-state index in [9.17, 15) is 0 Å². The van der Waals surface area contributed by atoms with E-state index < -0.39 is 0 Å². The fraction of sp³-hybridized carbons (Fsp3) is 0.143. The van der Waals surface area contributed by atoms with Gasteiger partial charge in [-0.05, 0) is 11.1 Å². The lowest BCUT2D eigenvalue weighted by Gasteiger charge is -2.03. The summed E-state index contributed by atoms with van der Waals surface area (Å²) in [6, 6.07) is 7.97. The third-order valence-corrected chi connectivity index (χ3v) is 1.86. The zero-order chi connectivity index (χ0) is 11.6. The number of hydrogen-bond acceptors (Lipinski definition) is 2. The summed E-state index contributed by atoms with van der Waals surface area (Å²) in [7, 11) is 0. The van der Waals surface area contributed by atoms with Crippen LogP contribution in [0, 0.1) is 0 Å². The molecule has 0 saturated heterocycles. The van der Waals surface area contributed by atoms with Gasteiger partial charge in [-0.15, -0.1) is 0 Å². The van der Waals surface area contributed by atoms with Crippen LogP contribution in [0.3, 0.4) is 0 Å². The van der Waals surface area contributed by atoms with Gasteiger partial charge in [-0.2, -0.15) is 0 Å². The fourth-order valence-electron chi connectivity index (χ4n) is 1.13. The molecule has 0 aliphatic rings. The van der Waals surface area contributed by atoms with Crippen molar-refractivity contribution >= 4 is 0 Å². The second kappa shape index (κ2) is 7.19. The summed E-state index contributed by atoms with van der Waals surface area (Å²) >= 11 is 0. The van der Waals surface area contributed by atoms with E-state index in [0.717, 1.165) is 11.1 Å². The van der Waals surface area contributed by atoms with Crippen LogP contribution in [-0.4, -0.2) is 0 Å². The molecule has 0 aliphatic heterocycles. The Kier molecular flexibility index (Phi) is 5.36. The molecule has 0 aliphatic carbocycles. The summed E-state index contributed by atoms with van der Waals surface area (Å²) in [5.41, 5.74) is 7.28. The van der Waals surface area contributed by atoms with Crippen LogP contribution in [0.5, 0.6) is 0 Å². The smallest absolute Gasteiger partial charge is 0.125 e. The molecular weight excluding hydrogens is 200 g/mol. The fourth-order valence-corrected chi connectivity index (χ4v) is 1.13. The Hall–Kier alpha value is -2.14. The summed E-state index contributed by atoms with van der Waals surface area (Å²) in [6.45, 7) is 7.87. The van der Waals surface area contributed by atoms with Gasteiger partial charge < -0.3 is 9.47 Å². The molecule has 16 heavy (non-hydrogen) atoms. The molecule has 0 heterocycles. The Bertz CT molecular complexity index is 364. The first-order chi connectivity index (χ1) is 7.86. The van der Waals surface area contributed by atoms with Gasteiger partial charge in [0.15, 0.2) is 0 Å². The van der Waals surface area contributed by atoms with E-state index in [1.54, 1.807) is 0 Å². The molecule has 0 N–H and O–H groups in total. The van der Waals surface area contributed by atoms with Crippen molar-refractivity contribution in [3.8, 4) is 0 Å². The van der Waals surface area contributed by atoms with Crippen LogP contribution in [0.15, 0.2) is 61.4 Å². The molecule has 1 rings (SSSR count). The first-order valence-corrected chi connectivity index (χ1v) is 4.86. The molecule has 0 radical (unpaired) electrons. The van der Waals surface area contributed by atoms with Gasteiger partial charge in [0.25, 0.3) is 0 Å². The number of benzene rings is 1. The highest BCUT2D eigenvalue weighted by molar-refractivity contribution is 5.21. The van der Waals surface area contributed by atoms with Gasteiger partial charge in [0, 0.05) is 0 Å². The van der Waals surface area contributed by atoms with Crippen LogP contribution in [0.1, 0.15) is 11.1 Å². The van der Waals surface area contributed by atoms with Crippen LogP contribution < -0.4 is 0 Å². The van der Waals surface area contributed by atoms with Gasteiger partial charge in [-0.3, -0.25) is 0 Å². The molecule has 1 aromatic rings. The zero-order valence-electron chi connectivity index (χ0n) is 9.11. The van der Waals surface area contributed by atoms with Crippen LogP contribution in [0.2, 0.25) is 0 Å². The first-order valence-electron chi connectivity index (χ1n) is 4.86. The van der Waals surface area contributed by atoms with Gasteiger partial charge in [0.1, 0.15) is 25.7 Å². The van der Waals surface area contributed by atoms with Gasteiger partial charge in [-0.1, -0.05) is 48.9 Å². The van der Waals surface area contributed by atoms with E-state index in [0.29, 0.717) is 13.2 Å². The minimum absolute atomic E-state index is 0.524. The molecule has 0 amide bonds. The largest absolute Gasteiger partial charge is 0.488 e. The molecule has 0 aromatic heterocycles. The SMILES string of the molecule is C=C=COCc1ccc(COC=C=C)cc1. The monoisotopic (exact) mass is 214 g/mol. The standard InChI is InChI=1S/C14H14O2/c1-3-9-15-11-13-5-7-14(8-6-13)12-16-10-4-2/h5-10H,1-2,11-12H2. The number of hydrogen-bond donors (Lipinski definition) is 0. The Morgan fingerprint density at radius 3 is 1.56 bits per heavy atom. The van der Waals surface area contributed by atoms with Crippen molar-refractivity contribution in [2.75, 3.05) is 0 Å². The summed E-state index contributed by atoms with van der Waals surface area (Å²) in [5, 5.41) is 0. The van der Waals surface area contributed by atoms with Gasteiger partial charge >= 0.3 is 0 Å².